The molecule has 5 heteroatoms. The summed E-state index contributed by atoms with van der Waals surface area (Å²) in [5.74, 6) is -0.157. The highest BCUT2D eigenvalue weighted by Gasteiger charge is 2.43. The van der Waals surface area contributed by atoms with E-state index in [1.807, 2.05) is 54.6 Å². The van der Waals surface area contributed by atoms with Crippen LogP contribution < -0.4 is 0 Å². The van der Waals surface area contributed by atoms with Crippen molar-refractivity contribution in [3.8, 4) is 0 Å². The third kappa shape index (κ3) is 5.13. The number of halogens is 1. The molecule has 1 heterocycles. The lowest BCUT2D eigenvalue weighted by Crippen LogP contribution is -2.50. The Morgan fingerprint density at radius 1 is 1.21 bits per heavy atom. The van der Waals surface area contributed by atoms with Gasteiger partial charge in [0.2, 0.25) is 0 Å². The van der Waals surface area contributed by atoms with Gasteiger partial charge in [-0.1, -0.05) is 54.1 Å². The van der Waals surface area contributed by atoms with Crippen molar-refractivity contribution in [1.82, 2.24) is 4.90 Å². The minimum absolute atomic E-state index is 0.157. The number of carbonyl (C=O) groups excluding carboxylic acids is 1. The van der Waals surface area contributed by atoms with Crippen molar-refractivity contribution in [2.45, 2.75) is 31.8 Å². The van der Waals surface area contributed by atoms with Crippen LogP contribution in [0.2, 0.25) is 5.02 Å². The zero-order valence-electron chi connectivity index (χ0n) is 16.3. The molecule has 0 spiro atoms. The highest BCUT2D eigenvalue weighted by atomic mass is 35.5. The number of aliphatic hydroxyl groups is 1. The Balaban J connectivity index is 1.67. The molecule has 0 bridgehead atoms. The number of nitrogens with zero attached hydrogens (tertiary/aromatic N) is 1. The molecule has 1 fully saturated rings. The number of rotatable bonds is 7. The number of hydrogen-bond acceptors (Lipinski definition) is 4. The number of carbonyl (C=O) groups is 1. The van der Waals surface area contributed by atoms with Crippen LogP contribution in [0.15, 0.2) is 54.6 Å². The van der Waals surface area contributed by atoms with Gasteiger partial charge in [-0.3, -0.25) is 4.79 Å². The molecule has 1 aliphatic heterocycles. The molecule has 1 saturated heterocycles. The van der Waals surface area contributed by atoms with Crippen LogP contribution in [0.4, 0.5) is 0 Å². The van der Waals surface area contributed by atoms with Gasteiger partial charge >= 0.3 is 5.97 Å². The second-order valence-electron chi connectivity index (χ2n) is 7.67. The standard InChI is InChI=1S/C23H28ClNO3/c1-28-22(27)23(16-18-8-10-20(24)11-9-18)13-5-14-25(17-23)15-12-21(26)19-6-3-2-4-7-19/h2-4,6-11,21,26H,5,12-17H2,1H3. The van der Waals surface area contributed by atoms with Crippen LogP contribution in [0.3, 0.4) is 0 Å². The highest BCUT2D eigenvalue weighted by molar-refractivity contribution is 6.30. The Kier molecular flexibility index (Phi) is 7.11. The minimum Gasteiger partial charge on any atom is -0.469 e. The monoisotopic (exact) mass is 401 g/mol. The first-order valence-corrected chi connectivity index (χ1v) is 10.2. The number of esters is 1. The van der Waals surface area contributed by atoms with Crippen molar-refractivity contribution >= 4 is 17.6 Å². The molecule has 2 unspecified atom stereocenters. The molecular formula is C23H28ClNO3. The molecule has 2 aromatic rings. The molecule has 0 amide bonds. The molecule has 3 rings (SSSR count). The summed E-state index contributed by atoms with van der Waals surface area (Å²) in [6, 6.07) is 17.4. The van der Waals surface area contributed by atoms with Crippen LogP contribution in [0.5, 0.6) is 0 Å². The number of benzene rings is 2. The summed E-state index contributed by atoms with van der Waals surface area (Å²) in [7, 11) is 1.46. The lowest BCUT2D eigenvalue weighted by atomic mass is 9.75. The molecule has 1 aliphatic rings. The SMILES string of the molecule is COC(=O)C1(Cc2ccc(Cl)cc2)CCCN(CCC(O)c2ccccc2)C1. The largest absolute Gasteiger partial charge is 0.469 e. The number of hydrogen-bond donors (Lipinski definition) is 1. The van der Waals surface area contributed by atoms with Gasteiger partial charge in [0.25, 0.3) is 0 Å². The molecule has 0 radical (unpaired) electrons. The average Bonchev–Trinajstić information content (AvgIpc) is 2.74. The predicted octanol–water partition coefficient (Wildman–Crippen LogP) is 4.26. The van der Waals surface area contributed by atoms with Gasteiger partial charge in [0.15, 0.2) is 0 Å². The maximum Gasteiger partial charge on any atom is 0.313 e. The van der Waals surface area contributed by atoms with E-state index >= 15 is 0 Å². The van der Waals surface area contributed by atoms with E-state index in [-0.39, 0.29) is 5.97 Å². The van der Waals surface area contributed by atoms with Gasteiger partial charge in [-0.15, -0.1) is 0 Å². The number of piperidine rings is 1. The summed E-state index contributed by atoms with van der Waals surface area (Å²) < 4.78 is 5.19. The van der Waals surface area contributed by atoms with Crippen molar-refractivity contribution in [3.05, 3.63) is 70.7 Å². The van der Waals surface area contributed by atoms with Gasteiger partial charge in [0, 0.05) is 18.1 Å². The number of aliphatic hydroxyl groups excluding tert-OH is 1. The van der Waals surface area contributed by atoms with Gasteiger partial charge in [-0.2, -0.15) is 0 Å². The second kappa shape index (κ2) is 9.55. The van der Waals surface area contributed by atoms with E-state index in [4.69, 9.17) is 16.3 Å². The summed E-state index contributed by atoms with van der Waals surface area (Å²) in [5, 5.41) is 11.2. The number of likely N-dealkylation sites (tertiary alicyclic amines) is 1. The smallest absolute Gasteiger partial charge is 0.313 e. The summed E-state index contributed by atoms with van der Waals surface area (Å²) in [4.78, 5) is 15.0. The maximum absolute atomic E-state index is 12.7. The molecule has 150 valence electrons. The molecule has 2 atom stereocenters. The lowest BCUT2D eigenvalue weighted by molar-refractivity contribution is -0.156. The molecular weight excluding hydrogens is 374 g/mol. The third-order valence-corrected chi connectivity index (χ3v) is 5.89. The van der Waals surface area contributed by atoms with E-state index in [2.05, 4.69) is 4.90 Å². The fourth-order valence-corrected chi connectivity index (χ4v) is 4.28. The first kappa shape index (κ1) is 20.8. The average molecular weight is 402 g/mol. The van der Waals surface area contributed by atoms with Crippen LogP contribution in [0, 0.1) is 5.41 Å². The van der Waals surface area contributed by atoms with Crippen molar-refractivity contribution in [1.29, 1.82) is 0 Å². The fraction of sp³-hybridized carbons (Fsp3) is 0.435. The van der Waals surface area contributed by atoms with Gasteiger partial charge in [0.05, 0.1) is 18.6 Å². The van der Waals surface area contributed by atoms with Gasteiger partial charge < -0.3 is 14.7 Å². The van der Waals surface area contributed by atoms with Gasteiger partial charge in [-0.05, 0) is 55.5 Å². The Morgan fingerprint density at radius 2 is 1.93 bits per heavy atom. The Morgan fingerprint density at radius 3 is 2.61 bits per heavy atom. The van der Waals surface area contributed by atoms with E-state index in [0.717, 1.165) is 37.1 Å². The van der Waals surface area contributed by atoms with Crippen LogP contribution >= 0.6 is 11.6 Å². The Bertz CT molecular complexity index is 765. The topological polar surface area (TPSA) is 49.8 Å². The third-order valence-electron chi connectivity index (χ3n) is 5.63. The van der Waals surface area contributed by atoms with E-state index in [1.54, 1.807) is 0 Å². The second-order valence-corrected chi connectivity index (χ2v) is 8.11. The molecule has 0 aromatic heterocycles. The van der Waals surface area contributed by atoms with Gasteiger partial charge in [-0.25, -0.2) is 0 Å². The zero-order chi connectivity index (χ0) is 20.0. The quantitative estimate of drug-likeness (QED) is 0.704. The van der Waals surface area contributed by atoms with Gasteiger partial charge in [0.1, 0.15) is 0 Å². The van der Waals surface area contributed by atoms with Crippen LogP contribution in [-0.2, 0) is 16.0 Å². The molecule has 0 aliphatic carbocycles. The predicted molar refractivity (Wildman–Crippen MR) is 111 cm³/mol. The summed E-state index contributed by atoms with van der Waals surface area (Å²) in [6.45, 7) is 2.32. The molecule has 4 nitrogen and oxygen atoms in total. The van der Waals surface area contributed by atoms with Crippen molar-refractivity contribution in [2.75, 3.05) is 26.7 Å². The first-order chi connectivity index (χ1) is 13.5. The zero-order valence-corrected chi connectivity index (χ0v) is 17.1. The number of methoxy groups -OCH3 is 1. The minimum atomic E-state index is -0.557. The van der Waals surface area contributed by atoms with Crippen LogP contribution in [0.1, 0.15) is 36.5 Å². The lowest BCUT2D eigenvalue weighted by Gasteiger charge is -2.41. The normalized spacial score (nSPS) is 21.2. The van der Waals surface area contributed by atoms with Crippen LogP contribution in [-0.4, -0.2) is 42.7 Å². The van der Waals surface area contributed by atoms with Crippen molar-refractivity contribution in [3.63, 3.8) is 0 Å². The molecule has 28 heavy (non-hydrogen) atoms. The van der Waals surface area contributed by atoms with E-state index in [0.29, 0.717) is 24.4 Å². The highest BCUT2D eigenvalue weighted by Crippen LogP contribution is 2.36. The van der Waals surface area contributed by atoms with E-state index in [1.165, 1.54) is 7.11 Å². The maximum atomic E-state index is 12.7. The van der Waals surface area contributed by atoms with E-state index in [9.17, 15) is 9.90 Å². The Labute approximate surface area is 172 Å². The summed E-state index contributed by atoms with van der Waals surface area (Å²) in [6.07, 6.45) is 2.52. The summed E-state index contributed by atoms with van der Waals surface area (Å²) in [5.41, 5.74) is 1.46. The molecule has 2 aromatic carbocycles. The first-order valence-electron chi connectivity index (χ1n) is 9.81. The van der Waals surface area contributed by atoms with Crippen molar-refractivity contribution in [2.24, 2.45) is 5.41 Å². The van der Waals surface area contributed by atoms with Crippen molar-refractivity contribution < 1.29 is 14.6 Å². The molecule has 0 saturated carbocycles. The fourth-order valence-electron chi connectivity index (χ4n) is 4.16. The summed E-state index contributed by atoms with van der Waals surface area (Å²) >= 11 is 6.00. The Hall–Kier alpha value is -1.88. The van der Waals surface area contributed by atoms with E-state index < -0.39 is 11.5 Å². The van der Waals surface area contributed by atoms with Crippen LogP contribution in [0.25, 0.3) is 0 Å². The number of ether oxygens (including phenoxy) is 1. The molecule has 1 N–H and O–H groups in total.